The van der Waals surface area contributed by atoms with Gasteiger partial charge in [-0.2, -0.15) is 5.26 Å². The zero-order valence-corrected chi connectivity index (χ0v) is 11.9. The summed E-state index contributed by atoms with van der Waals surface area (Å²) in [5.41, 5.74) is 1.06. The highest BCUT2D eigenvalue weighted by Crippen LogP contribution is 2.09. The molecule has 0 amide bonds. The van der Waals surface area contributed by atoms with E-state index >= 15 is 0 Å². The van der Waals surface area contributed by atoms with Crippen LogP contribution in [0.1, 0.15) is 11.1 Å². The van der Waals surface area contributed by atoms with E-state index in [-0.39, 0.29) is 5.56 Å². The number of hydrogen-bond acceptors (Lipinski definition) is 4. The van der Waals surface area contributed by atoms with Gasteiger partial charge in [0.1, 0.15) is 11.9 Å². The van der Waals surface area contributed by atoms with Crippen molar-refractivity contribution in [3.05, 3.63) is 35.1 Å². The second-order valence-corrected chi connectivity index (χ2v) is 5.25. The first-order valence-corrected chi connectivity index (χ1v) is 6.99. The summed E-state index contributed by atoms with van der Waals surface area (Å²) in [5.74, 6) is -0.450. The second kappa shape index (κ2) is 7.34. The van der Waals surface area contributed by atoms with Crippen LogP contribution in [0.5, 0.6) is 0 Å². The molecule has 1 aliphatic rings. The van der Waals surface area contributed by atoms with E-state index in [2.05, 4.69) is 22.2 Å². The predicted octanol–water partition coefficient (Wildman–Crippen LogP) is 1.03. The Morgan fingerprint density at radius 3 is 2.75 bits per heavy atom. The quantitative estimate of drug-likeness (QED) is 0.816. The van der Waals surface area contributed by atoms with Gasteiger partial charge in [0.25, 0.3) is 0 Å². The maximum Gasteiger partial charge on any atom is 0.140 e. The lowest BCUT2D eigenvalue weighted by atomic mass is 10.1. The fraction of sp³-hybridized carbons (Fsp3) is 0.533. The summed E-state index contributed by atoms with van der Waals surface area (Å²) in [5, 5.41) is 12.1. The highest BCUT2D eigenvalue weighted by Gasteiger charge is 2.12. The number of rotatable bonds is 5. The van der Waals surface area contributed by atoms with Crippen LogP contribution in [0, 0.1) is 17.1 Å². The summed E-state index contributed by atoms with van der Waals surface area (Å²) in [6.45, 7) is 7.10. The molecule has 20 heavy (non-hydrogen) atoms. The van der Waals surface area contributed by atoms with Crippen molar-refractivity contribution in [1.29, 1.82) is 5.26 Å². The van der Waals surface area contributed by atoms with Crippen LogP contribution in [0.15, 0.2) is 18.2 Å². The van der Waals surface area contributed by atoms with Gasteiger partial charge in [-0.3, -0.25) is 4.90 Å². The van der Waals surface area contributed by atoms with Gasteiger partial charge < -0.3 is 10.2 Å². The lowest BCUT2D eigenvalue weighted by Crippen LogP contribution is -2.46. The average molecular weight is 276 g/mol. The van der Waals surface area contributed by atoms with Gasteiger partial charge in [-0.25, -0.2) is 4.39 Å². The molecule has 1 aromatic carbocycles. The number of nitrogens with one attached hydrogen (secondary N) is 1. The Morgan fingerprint density at radius 2 is 2.05 bits per heavy atom. The summed E-state index contributed by atoms with van der Waals surface area (Å²) in [6.07, 6.45) is 0. The van der Waals surface area contributed by atoms with E-state index in [4.69, 9.17) is 5.26 Å². The van der Waals surface area contributed by atoms with Crippen LogP contribution in [0.25, 0.3) is 0 Å². The molecule has 1 heterocycles. The minimum absolute atomic E-state index is 0.114. The topological polar surface area (TPSA) is 42.3 Å². The van der Waals surface area contributed by atoms with Crippen molar-refractivity contribution in [2.75, 3.05) is 46.3 Å². The number of nitrogens with zero attached hydrogens (tertiary/aromatic N) is 3. The standard InChI is InChI=1S/C15H21FN4/c1-19-6-8-20(9-7-19)5-4-18-12-13-2-3-15(16)14(10-13)11-17/h2-3,10,18H,4-9,12H2,1H3. The van der Waals surface area contributed by atoms with Crippen LogP contribution in [0.4, 0.5) is 4.39 Å². The van der Waals surface area contributed by atoms with Gasteiger partial charge in [0.15, 0.2) is 0 Å². The Morgan fingerprint density at radius 1 is 1.30 bits per heavy atom. The molecule has 2 rings (SSSR count). The molecule has 0 saturated carbocycles. The Bertz CT molecular complexity index is 475. The van der Waals surface area contributed by atoms with Crippen molar-refractivity contribution >= 4 is 0 Å². The molecule has 1 saturated heterocycles. The lowest BCUT2D eigenvalue weighted by Gasteiger charge is -2.32. The van der Waals surface area contributed by atoms with Crippen molar-refractivity contribution in [2.24, 2.45) is 0 Å². The van der Waals surface area contributed by atoms with Gasteiger partial charge in [0.05, 0.1) is 5.56 Å². The summed E-state index contributed by atoms with van der Waals surface area (Å²) >= 11 is 0. The van der Waals surface area contributed by atoms with Gasteiger partial charge in [-0.15, -0.1) is 0 Å². The summed E-state index contributed by atoms with van der Waals surface area (Å²) in [7, 11) is 2.15. The van der Waals surface area contributed by atoms with Crippen LogP contribution in [0.3, 0.4) is 0 Å². The molecule has 1 aliphatic heterocycles. The predicted molar refractivity (Wildman–Crippen MR) is 76.8 cm³/mol. The number of nitriles is 1. The molecule has 1 fully saturated rings. The van der Waals surface area contributed by atoms with Crippen LogP contribution in [-0.2, 0) is 6.54 Å². The Balaban J connectivity index is 1.70. The summed E-state index contributed by atoms with van der Waals surface area (Å²) in [4.78, 5) is 4.78. The van der Waals surface area contributed by atoms with E-state index < -0.39 is 5.82 Å². The van der Waals surface area contributed by atoms with Gasteiger partial charge in [-0.05, 0) is 24.7 Å². The molecule has 0 bridgehead atoms. The summed E-state index contributed by atoms with van der Waals surface area (Å²) in [6, 6.07) is 6.55. The van der Waals surface area contributed by atoms with Gasteiger partial charge >= 0.3 is 0 Å². The average Bonchev–Trinajstić information content (AvgIpc) is 2.47. The fourth-order valence-electron chi connectivity index (χ4n) is 2.31. The third kappa shape index (κ3) is 4.27. The minimum Gasteiger partial charge on any atom is -0.311 e. The summed E-state index contributed by atoms with van der Waals surface area (Å²) < 4.78 is 13.2. The molecule has 4 nitrogen and oxygen atoms in total. The van der Waals surface area contributed by atoms with Crippen LogP contribution < -0.4 is 5.32 Å². The first kappa shape index (κ1) is 14.9. The van der Waals surface area contributed by atoms with Gasteiger partial charge in [0, 0.05) is 45.8 Å². The molecule has 5 heteroatoms. The van der Waals surface area contributed by atoms with E-state index in [1.165, 1.54) is 6.07 Å². The molecule has 0 aliphatic carbocycles. The molecule has 0 radical (unpaired) electrons. The van der Waals surface area contributed by atoms with Gasteiger partial charge in [0.2, 0.25) is 0 Å². The molecule has 0 aromatic heterocycles. The molecule has 0 atom stereocenters. The molecule has 1 N–H and O–H groups in total. The van der Waals surface area contributed by atoms with Crippen molar-refractivity contribution in [1.82, 2.24) is 15.1 Å². The molecule has 108 valence electrons. The largest absolute Gasteiger partial charge is 0.311 e. The number of halogens is 1. The first-order chi connectivity index (χ1) is 9.69. The van der Waals surface area contributed by atoms with E-state index in [1.807, 2.05) is 6.07 Å². The molecular formula is C15H21FN4. The zero-order chi connectivity index (χ0) is 14.4. The van der Waals surface area contributed by atoms with E-state index in [9.17, 15) is 4.39 Å². The van der Waals surface area contributed by atoms with Crippen molar-refractivity contribution in [3.63, 3.8) is 0 Å². The first-order valence-electron chi connectivity index (χ1n) is 6.99. The normalized spacial score (nSPS) is 17.1. The Labute approximate surface area is 119 Å². The molecule has 0 spiro atoms. The SMILES string of the molecule is CN1CCN(CCNCc2ccc(F)c(C#N)c2)CC1. The Hall–Kier alpha value is -1.48. The van der Waals surface area contributed by atoms with Crippen molar-refractivity contribution in [3.8, 4) is 6.07 Å². The minimum atomic E-state index is -0.450. The third-order valence-corrected chi connectivity index (χ3v) is 3.68. The number of likely N-dealkylation sites (N-methyl/N-ethyl adjacent to an activating group) is 1. The smallest absolute Gasteiger partial charge is 0.140 e. The highest BCUT2D eigenvalue weighted by molar-refractivity contribution is 5.34. The van der Waals surface area contributed by atoms with Crippen LogP contribution >= 0.6 is 0 Å². The molecule has 1 aromatic rings. The Kier molecular flexibility index (Phi) is 5.48. The highest BCUT2D eigenvalue weighted by atomic mass is 19.1. The van der Waals surface area contributed by atoms with Crippen molar-refractivity contribution < 1.29 is 4.39 Å². The second-order valence-electron chi connectivity index (χ2n) is 5.25. The molecular weight excluding hydrogens is 255 g/mol. The maximum atomic E-state index is 13.2. The van der Waals surface area contributed by atoms with E-state index in [0.29, 0.717) is 6.54 Å². The van der Waals surface area contributed by atoms with Crippen LogP contribution in [-0.4, -0.2) is 56.1 Å². The van der Waals surface area contributed by atoms with Crippen molar-refractivity contribution in [2.45, 2.75) is 6.54 Å². The number of piperazine rings is 1. The van der Waals surface area contributed by atoms with E-state index in [1.54, 1.807) is 12.1 Å². The third-order valence-electron chi connectivity index (χ3n) is 3.68. The van der Waals surface area contributed by atoms with Crippen LogP contribution in [0.2, 0.25) is 0 Å². The molecule has 0 unspecified atom stereocenters. The number of benzene rings is 1. The number of hydrogen-bond donors (Lipinski definition) is 1. The van der Waals surface area contributed by atoms with Gasteiger partial charge in [-0.1, -0.05) is 6.07 Å². The van der Waals surface area contributed by atoms with E-state index in [0.717, 1.165) is 44.8 Å². The lowest BCUT2D eigenvalue weighted by molar-refractivity contribution is 0.154. The fourth-order valence-corrected chi connectivity index (χ4v) is 2.31. The zero-order valence-electron chi connectivity index (χ0n) is 11.9. The maximum absolute atomic E-state index is 13.2. The monoisotopic (exact) mass is 276 g/mol.